The highest BCUT2D eigenvalue weighted by Gasteiger charge is 2.09. The van der Waals surface area contributed by atoms with Crippen molar-refractivity contribution in [3.05, 3.63) is 45.6 Å². The Morgan fingerprint density at radius 2 is 1.75 bits per heavy atom. The van der Waals surface area contributed by atoms with E-state index in [9.17, 15) is 0 Å². The molecule has 16 heavy (non-hydrogen) atoms. The van der Waals surface area contributed by atoms with Gasteiger partial charge in [-0.05, 0) is 31.5 Å². The van der Waals surface area contributed by atoms with Gasteiger partial charge in [-0.1, -0.05) is 40.9 Å². The van der Waals surface area contributed by atoms with E-state index in [1.165, 1.54) is 0 Å². The van der Waals surface area contributed by atoms with Crippen LogP contribution in [0.5, 0.6) is 0 Å². The molecular formula is C12H10Cl2N2. The SMILES string of the molecule is Cc1ccc(C)c(-c2nnc(Cl)cc2Cl)c1. The van der Waals surface area contributed by atoms with Gasteiger partial charge in [0.25, 0.3) is 0 Å². The van der Waals surface area contributed by atoms with E-state index in [4.69, 9.17) is 23.2 Å². The zero-order valence-corrected chi connectivity index (χ0v) is 10.5. The van der Waals surface area contributed by atoms with E-state index in [0.29, 0.717) is 15.9 Å². The number of hydrogen-bond acceptors (Lipinski definition) is 2. The summed E-state index contributed by atoms with van der Waals surface area (Å²) >= 11 is 11.8. The lowest BCUT2D eigenvalue weighted by atomic mass is 10.0. The number of aromatic nitrogens is 2. The van der Waals surface area contributed by atoms with E-state index in [2.05, 4.69) is 16.3 Å². The summed E-state index contributed by atoms with van der Waals surface area (Å²) in [5.74, 6) is 0. The molecule has 2 nitrogen and oxygen atoms in total. The highest BCUT2D eigenvalue weighted by molar-refractivity contribution is 6.35. The second-order valence-corrected chi connectivity index (χ2v) is 4.48. The summed E-state index contributed by atoms with van der Waals surface area (Å²) in [4.78, 5) is 0. The monoisotopic (exact) mass is 252 g/mol. The van der Waals surface area contributed by atoms with Crippen LogP contribution in [0, 0.1) is 13.8 Å². The molecule has 1 aromatic carbocycles. The van der Waals surface area contributed by atoms with Gasteiger partial charge in [0.15, 0.2) is 5.15 Å². The Morgan fingerprint density at radius 1 is 1.00 bits per heavy atom. The summed E-state index contributed by atoms with van der Waals surface area (Å²) in [5, 5.41) is 8.68. The molecule has 0 radical (unpaired) electrons. The minimum atomic E-state index is 0.305. The number of nitrogens with zero attached hydrogens (tertiary/aromatic N) is 2. The van der Waals surface area contributed by atoms with Gasteiger partial charge in [0, 0.05) is 5.56 Å². The average Bonchev–Trinajstić information content (AvgIpc) is 2.22. The number of hydrogen-bond donors (Lipinski definition) is 0. The molecule has 0 saturated heterocycles. The lowest BCUT2D eigenvalue weighted by molar-refractivity contribution is 1.04. The van der Waals surface area contributed by atoms with E-state index in [1.54, 1.807) is 6.07 Å². The summed E-state index contributed by atoms with van der Waals surface area (Å²) in [5.41, 5.74) is 3.94. The summed E-state index contributed by atoms with van der Waals surface area (Å²) in [6.07, 6.45) is 0. The molecule has 4 heteroatoms. The fraction of sp³-hybridized carbons (Fsp3) is 0.167. The summed E-state index contributed by atoms with van der Waals surface area (Å²) in [7, 11) is 0. The summed E-state index contributed by atoms with van der Waals surface area (Å²) < 4.78 is 0. The van der Waals surface area contributed by atoms with Gasteiger partial charge >= 0.3 is 0 Å². The van der Waals surface area contributed by atoms with Gasteiger partial charge in [-0.15, -0.1) is 10.2 Å². The first kappa shape index (κ1) is 11.4. The van der Waals surface area contributed by atoms with Crippen LogP contribution in [0.15, 0.2) is 24.3 Å². The number of halogens is 2. The van der Waals surface area contributed by atoms with Gasteiger partial charge in [0.1, 0.15) is 5.69 Å². The number of rotatable bonds is 1. The topological polar surface area (TPSA) is 25.8 Å². The van der Waals surface area contributed by atoms with Crippen molar-refractivity contribution >= 4 is 23.2 Å². The Labute approximate surface area is 104 Å². The molecule has 0 aliphatic heterocycles. The van der Waals surface area contributed by atoms with Crippen molar-refractivity contribution in [3.8, 4) is 11.3 Å². The fourth-order valence-corrected chi connectivity index (χ4v) is 1.97. The van der Waals surface area contributed by atoms with Crippen molar-refractivity contribution in [1.29, 1.82) is 0 Å². The molecule has 0 bridgehead atoms. The van der Waals surface area contributed by atoms with Crippen LogP contribution >= 0.6 is 23.2 Å². The lowest BCUT2D eigenvalue weighted by Gasteiger charge is -2.07. The normalized spacial score (nSPS) is 10.5. The first-order chi connectivity index (χ1) is 7.58. The summed E-state index contributed by atoms with van der Waals surface area (Å²) in [6, 6.07) is 7.74. The Balaban J connectivity index is 2.62. The molecule has 0 aliphatic rings. The largest absolute Gasteiger partial charge is 0.153 e. The van der Waals surface area contributed by atoms with Crippen molar-refractivity contribution in [3.63, 3.8) is 0 Å². The van der Waals surface area contributed by atoms with Crippen LogP contribution in [-0.4, -0.2) is 10.2 Å². The molecule has 0 fully saturated rings. The van der Waals surface area contributed by atoms with E-state index in [1.807, 2.05) is 26.0 Å². The van der Waals surface area contributed by atoms with Crippen LogP contribution in [0.4, 0.5) is 0 Å². The molecule has 0 saturated carbocycles. The molecule has 0 atom stereocenters. The molecule has 2 rings (SSSR count). The second-order valence-electron chi connectivity index (χ2n) is 3.68. The van der Waals surface area contributed by atoms with Gasteiger partial charge in [-0.25, -0.2) is 0 Å². The second kappa shape index (κ2) is 4.40. The first-order valence-electron chi connectivity index (χ1n) is 4.84. The molecule has 0 amide bonds. The smallest absolute Gasteiger partial charge is 0.147 e. The number of benzene rings is 1. The molecule has 1 heterocycles. The van der Waals surface area contributed by atoms with Crippen LogP contribution in [0.1, 0.15) is 11.1 Å². The third-order valence-corrected chi connectivity index (χ3v) is 2.84. The van der Waals surface area contributed by atoms with Crippen molar-refractivity contribution < 1.29 is 0 Å². The Kier molecular flexibility index (Phi) is 3.13. The quantitative estimate of drug-likeness (QED) is 0.765. The first-order valence-corrected chi connectivity index (χ1v) is 5.60. The van der Waals surface area contributed by atoms with Crippen molar-refractivity contribution in [1.82, 2.24) is 10.2 Å². The standard InChI is InChI=1S/C12H10Cl2N2/c1-7-3-4-8(2)9(5-7)12-10(13)6-11(14)15-16-12/h3-6H,1-2H3. The van der Waals surface area contributed by atoms with Crippen molar-refractivity contribution in [2.45, 2.75) is 13.8 Å². The van der Waals surface area contributed by atoms with Crippen LogP contribution < -0.4 is 0 Å². The van der Waals surface area contributed by atoms with Gasteiger partial charge in [0.05, 0.1) is 5.02 Å². The molecule has 82 valence electrons. The third-order valence-electron chi connectivity index (χ3n) is 2.37. The van der Waals surface area contributed by atoms with E-state index in [0.717, 1.165) is 16.7 Å². The minimum absolute atomic E-state index is 0.305. The fourth-order valence-electron chi connectivity index (χ4n) is 1.52. The molecular weight excluding hydrogens is 243 g/mol. The van der Waals surface area contributed by atoms with Gasteiger partial charge in [-0.3, -0.25) is 0 Å². The van der Waals surface area contributed by atoms with Crippen LogP contribution in [0.3, 0.4) is 0 Å². The maximum absolute atomic E-state index is 6.10. The molecule has 1 aromatic heterocycles. The molecule has 0 N–H and O–H groups in total. The zero-order chi connectivity index (χ0) is 11.7. The molecule has 0 unspecified atom stereocenters. The predicted octanol–water partition coefficient (Wildman–Crippen LogP) is 4.07. The predicted molar refractivity (Wildman–Crippen MR) is 67.0 cm³/mol. The average molecular weight is 253 g/mol. The Morgan fingerprint density at radius 3 is 2.44 bits per heavy atom. The van der Waals surface area contributed by atoms with Crippen molar-refractivity contribution in [2.24, 2.45) is 0 Å². The van der Waals surface area contributed by atoms with Crippen LogP contribution in [-0.2, 0) is 0 Å². The van der Waals surface area contributed by atoms with Gasteiger partial charge in [0.2, 0.25) is 0 Å². The zero-order valence-electron chi connectivity index (χ0n) is 8.96. The molecule has 0 spiro atoms. The third kappa shape index (κ3) is 2.18. The Bertz CT molecular complexity index is 539. The van der Waals surface area contributed by atoms with Crippen LogP contribution in [0.2, 0.25) is 10.2 Å². The van der Waals surface area contributed by atoms with E-state index < -0.39 is 0 Å². The highest BCUT2D eigenvalue weighted by atomic mass is 35.5. The highest BCUT2D eigenvalue weighted by Crippen LogP contribution is 2.29. The Hall–Kier alpha value is -1.12. The molecule has 0 aliphatic carbocycles. The lowest BCUT2D eigenvalue weighted by Crippen LogP contribution is -1.92. The van der Waals surface area contributed by atoms with Crippen LogP contribution in [0.25, 0.3) is 11.3 Å². The maximum atomic E-state index is 6.10. The van der Waals surface area contributed by atoms with Crippen molar-refractivity contribution in [2.75, 3.05) is 0 Å². The maximum Gasteiger partial charge on any atom is 0.153 e. The van der Waals surface area contributed by atoms with Gasteiger partial charge < -0.3 is 0 Å². The number of aryl methyl sites for hydroxylation is 2. The van der Waals surface area contributed by atoms with E-state index in [-0.39, 0.29) is 0 Å². The molecule has 2 aromatic rings. The van der Waals surface area contributed by atoms with Gasteiger partial charge in [-0.2, -0.15) is 0 Å². The minimum Gasteiger partial charge on any atom is -0.147 e. The summed E-state index contributed by atoms with van der Waals surface area (Å²) in [6.45, 7) is 4.04. The van der Waals surface area contributed by atoms with E-state index >= 15 is 0 Å².